The summed E-state index contributed by atoms with van der Waals surface area (Å²) in [6.45, 7) is 0.224. The zero-order valence-corrected chi connectivity index (χ0v) is 18.1. The number of pyridine rings is 1. The zero-order valence-electron chi connectivity index (χ0n) is 17.3. The minimum atomic E-state index is -0.350. The van der Waals surface area contributed by atoms with Gasteiger partial charge < -0.3 is 4.74 Å². The lowest BCUT2D eigenvalue weighted by Crippen LogP contribution is -2.43. The molecule has 0 aliphatic carbocycles. The SMILES string of the molecule is N#Cc1cccc(-c2ccc(OCC(CCc3cccnc3)N3C(=O)CSC3=O)cc2)c1. The van der Waals surface area contributed by atoms with E-state index in [0.29, 0.717) is 24.2 Å². The van der Waals surface area contributed by atoms with Gasteiger partial charge in [-0.05, 0) is 59.9 Å². The van der Waals surface area contributed by atoms with Gasteiger partial charge in [-0.1, -0.05) is 42.1 Å². The summed E-state index contributed by atoms with van der Waals surface area (Å²) < 4.78 is 5.98. The Hall–Kier alpha value is -3.63. The van der Waals surface area contributed by atoms with Crippen LogP contribution in [0, 0.1) is 11.3 Å². The molecule has 0 bridgehead atoms. The number of nitriles is 1. The van der Waals surface area contributed by atoms with E-state index in [-0.39, 0.29) is 29.5 Å². The van der Waals surface area contributed by atoms with Gasteiger partial charge in [0.25, 0.3) is 5.24 Å². The maximum Gasteiger partial charge on any atom is 0.289 e. The van der Waals surface area contributed by atoms with Crippen molar-refractivity contribution in [1.29, 1.82) is 5.26 Å². The third kappa shape index (κ3) is 5.16. The first kappa shape index (κ1) is 21.6. The van der Waals surface area contributed by atoms with E-state index in [1.807, 2.05) is 54.6 Å². The highest BCUT2D eigenvalue weighted by Crippen LogP contribution is 2.26. The number of hydrogen-bond donors (Lipinski definition) is 0. The van der Waals surface area contributed by atoms with Gasteiger partial charge in [-0.3, -0.25) is 19.5 Å². The van der Waals surface area contributed by atoms with E-state index in [0.717, 1.165) is 28.5 Å². The van der Waals surface area contributed by atoms with Crippen molar-refractivity contribution in [3.63, 3.8) is 0 Å². The molecule has 1 unspecified atom stereocenters. The zero-order chi connectivity index (χ0) is 22.3. The number of ether oxygens (including phenoxy) is 1. The molecule has 2 heterocycles. The Morgan fingerprint density at radius 2 is 1.94 bits per heavy atom. The Balaban J connectivity index is 1.44. The molecular formula is C25H21N3O3S. The maximum atomic E-state index is 12.3. The summed E-state index contributed by atoms with van der Waals surface area (Å²) >= 11 is 1.03. The number of carbonyl (C=O) groups excluding carboxylic acids is 2. The lowest BCUT2D eigenvalue weighted by atomic mass is 10.0. The predicted molar refractivity (Wildman–Crippen MR) is 123 cm³/mol. The molecule has 1 fully saturated rings. The summed E-state index contributed by atoms with van der Waals surface area (Å²) in [5.41, 5.74) is 3.59. The van der Waals surface area contributed by atoms with Gasteiger partial charge in [-0.2, -0.15) is 5.26 Å². The first-order valence-corrected chi connectivity index (χ1v) is 11.2. The molecule has 2 amide bonds. The summed E-state index contributed by atoms with van der Waals surface area (Å²) in [5, 5.41) is 8.87. The number of amides is 2. The average molecular weight is 444 g/mol. The van der Waals surface area contributed by atoms with Gasteiger partial charge in [0, 0.05) is 12.4 Å². The summed E-state index contributed by atoms with van der Waals surface area (Å²) in [5.74, 6) is 0.661. The number of thioether (sulfide) groups is 1. The van der Waals surface area contributed by atoms with Crippen molar-refractivity contribution in [2.45, 2.75) is 18.9 Å². The molecule has 2 aromatic carbocycles. The van der Waals surface area contributed by atoms with Crippen molar-refractivity contribution < 1.29 is 14.3 Å². The van der Waals surface area contributed by atoms with Crippen molar-refractivity contribution >= 4 is 22.9 Å². The second kappa shape index (κ2) is 10.1. The topological polar surface area (TPSA) is 83.3 Å². The highest BCUT2D eigenvalue weighted by Gasteiger charge is 2.36. The molecule has 7 heteroatoms. The van der Waals surface area contributed by atoms with Gasteiger partial charge in [0.2, 0.25) is 5.91 Å². The number of nitrogens with zero attached hydrogens (tertiary/aromatic N) is 3. The van der Waals surface area contributed by atoms with E-state index >= 15 is 0 Å². The third-order valence-corrected chi connectivity index (χ3v) is 6.10. The second-order valence-electron chi connectivity index (χ2n) is 7.40. The first-order valence-electron chi connectivity index (χ1n) is 10.2. The fourth-order valence-corrected chi connectivity index (χ4v) is 4.36. The largest absolute Gasteiger partial charge is 0.491 e. The molecule has 1 saturated heterocycles. The fraction of sp³-hybridized carbons (Fsp3) is 0.200. The van der Waals surface area contributed by atoms with Crippen LogP contribution in [-0.2, 0) is 11.2 Å². The van der Waals surface area contributed by atoms with Crippen LogP contribution in [-0.4, -0.2) is 39.4 Å². The third-order valence-electron chi connectivity index (χ3n) is 5.26. The Labute approximate surface area is 190 Å². The molecule has 1 aliphatic rings. The smallest absolute Gasteiger partial charge is 0.289 e. The standard InChI is InChI=1S/C25H21N3O3S/c26-14-19-3-1-5-21(13-19)20-7-10-23(11-8-20)31-16-22(28-24(29)17-32-25(28)30)9-6-18-4-2-12-27-15-18/h1-5,7-8,10-13,15,22H,6,9,16-17H2. The van der Waals surface area contributed by atoms with Crippen molar-refractivity contribution in [2.24, 2.45) is 0 Å². The molecule has 160 valence electrons. The Bertz CT molecular complexity index is 1130. The van der Waals surface area contributed by atoms with Gasteiger partial charge in [0.1, 0.15) is 12.4 Å². The number of carbonyl (C=O) groups is 2. The van der Waals surface area contributed by atoms with Gasteiger partial charge >= 0.3 is 0 Å². The van der Waals surface area contributed by atoms with E-state index in [9.17, 15) is 9.59 Å². The number of hydrogen-bond acceptors (Lipinski definition) is 6. The average Bonchev–Trinajstić information content (AvgIpc) is 3.18. The summed E-state index contributed by atoms with van der Waals surface area (Å²) in [6, 6.07) is 20.6. The molecule has 4 rings (SSSR count). The van der Waals surface area contributed by atoms with Crippen LogP contribution in [0.25, 0.3) is 11.1 Å². The van der Waals surface area contributed by atoms with Crippen LogP contribution < -0.4 is 4.74 Å². The van der Waals surface area contributed by atoms with Crippen LogP contribution in [0.1, 0.15) is 17.5 Å². The molecule has 0 N–H and O–H groups in total. The highest BCUT2D eigenvalue weighted by atomic mass is 32.2. The molecule has 1 atom stereocenters. The van der Waals surface area contributed by atoms with E-state index in [1.165, 1.54) is 4.90 Å². The summed E-state index contributed by atoms with van der Waals surface area (Å²) in [6.07, 6.45) is 4.80. The lowest BCUT2D eigenvalue weighted by Gasteiger charge is -2.25. The number of imide groups is 1. The molecule has 1 aliphatic heterocycles. The number of aromatic nitrogens is 1. The molecule has 32 heavy (non-hydrogen) atoms. The second-order valence-corrected chi connectivity index (χ2v) is 8.33. The molecule has 0 saturated carbocycles. The van der Waals surface area contributed by atoms with Gasteiger partial charge in [0.15, 0.2) is 0 Å². The van der Waals surface area contributed by atoms with E-state index < -0.39 is 0 Å². The molecular weight excluding hydrogens is 422 g/mol. The van der Waals surface area contributed by atoms with Crippen molar-refractivity contribution in [2.75, 3.05) is 12.4 Å². The molecule has 0 radical (unpaired) electrons. The lowest BCUT2D eigenvalue weighted by molar-refractivity contribution is -0.126. The van der Waals surface area contributed by atoms with Crippen LogP contribution in [0.5, 0.6) is 5.75 Å². The quantitative estimate of drug-likeness (QED) is 0.502. The fourth-order valence-electron chi connectivity index (χ4n) is 3.59. The van der Waals surface area contributed by atoms with Gasteiger partial charge in [-0.15, -0.1) is 0 Å². The molecule has 6 nitrogen and oxygen atoms in total. The van der Waals surface area contributed by atoms with Crippen molar-refractivity contribution in [3.05, 3.63) is 84.2 Å². The van der Waals surface area contributed by atoms with Crippen LogP contribution in [0.4, 0.5) is 4.79 Å². The Morgan fingerprint density at radius 3 is 2.62 bits per heavy atom. The van der Waals surface area contributed by atoms with Crippen LogP contribution in [0.2, 0.25) is 0 Å². The minimum Gasteiger partial charge on any atom is -0.491 e. The number of aryl methyl sites for hydroxylation is 1. The maximum absolute atomic E-state index is 12.3. The van der Waals surface area contributed by atoms with Crippen LogP contribution in [0.3, 0.4) is 0 Å². The van der Waals surface area contributed by atoms with Gasteiger partial charge in [-0.25, -0.2) is 0 Å². The van der Waals surface area contributed by atoms with E-state index in [1.54, 1.807) is 18.5 Å². The van der Waals surface area contributed by atoms with Crippen molar-refractivity contribution in [1.82, 2.24) is 9.88 Å². The van der Waals surface area contributed by atoms with Gasteiger partial charge in [0.05, 0.1) is 23.4 Å². The predicted octanol–water partition coefficient (Wildman–Crippen LogP) is 4.70. The van der Waals surface area contributed by atoms with Crippen LogP contribution >= 0.6 is 11.8 Å². The number of benzene rings is 2. The van der Waals surface area contributed by atoms with Crippen molar-refractivity contribution in [3.8, 4) is 22.9 Å². The van der Waals surface area contributed by atoms with Crippen LogP contribution in [0.15, 0.2) is 73.1 Å². The Morgan fingerprint density at radius 1 is 1.09 bits per heavy atom. The summed E-state index contributed by atoms with van der Waals surface area (Å²) in [4.78, 5) is 30.0. The Kier molecular flexibility index (Phi) is 6.83. The molecule has 3 aromatic rings. The normalized spacial score (nSPS) is 14.3. The minimum absolute atomic E-state index is 0.174. The molecule has 0 spiro atoms. The highest BCUT2D eigenvalue weighted by molar-refractivity contribution is 8.14. The van der Waals surface area contributed by atoms with E-state index in [4.69, 9.17) is 10.00 Å². The molecule has 1 aromatic heterocycles. The van der Waals surface area contributed by atoms with E-state index in [2.05, 4.69) is 11.1 Å². The monoisotopic (exact) mass is 443 g/mol. The summed E-state index contributed by atoms with van der Waals surface area (Å²) in [7, 11) is 0. The first-order chi connectivity index (χ1) is 15.6. The number of rotatable bonds is 8.